The minimum Gasteiger partial charge on any atom is -0.350 e. The van der Waals surface area contributed by atoms with E-state index in [0.717, 1.165) is 16.5 Å². The van der Waals surface area contributed by atoms with E-state index in [1.165, 1.54) is 6.08 Å². The molecule has 0 aliphatic heterocycles. The third kappa shape index (κ3) is 5.49. The maximum absolute atomic E-state index is 12.0. The zero-order valence-electron chi connectivity index (χ0n) is 15.4. The summed E-state index contributed by atoms with van der Waals surface area (Å²) < 4.78 is 2.01. The van der Waals surface area contributed by atoms with Crippen molar-refractivity contribution in [1.82, 2.24) is 15.2 Å². The van der Waals surface area contributed by atoms with Gasteiger partial charge in [-0.25, -0.2) is 0 Å². The normalized spacial score (nSPS) is 11.5. The Morgan fingerprint density at radius 1 is 1.27 bits per heavy atom. The highest BCUT2D eigenvalue weighted by molar-refractivity contribution is 5.97. The van der Waals surface area contributed by atoms with Gasteiger partial charge in [0.25, 0.3) is 0 Å². The number of nitriles is 1. The molecule has 2 N–H and O–H groups in total. The van der Waals surface area contributed by atoms with Crippen LogP contribution in [0.15, 0.2) is 36.5 Å². The first-order chi connectivity index (χ1) is 12.3. The Kier molecular flexibility index (Phi) is 6.18. The molecule has 0 spiro atoms. The molecule has 0 fully saturated rings. The van der Waals surface area contributed by atoms with Gasteiger partial charge in [0, 0.05) is 40.8 Å². The molecule has 2 rings (SSSR count). The van der Waals surface area contributed by atoms with Crippen molar-refractivity contribution in [1.29, 1.82) is 5.26 Å². The van der Waals surface area contributed by atoms with Gasteiger partial charge in [-0.05, 0) is 32.9 Å². The number of amides is 2. The molecule has 0 aliphatic carbocycles. The summed E-state index contributed by atoms with van der Waals surface area (Å²) in [5.74, 6) is -0.560. The molecule has 26 heavy (non-hydrogen) atoms. The SMILES string of the molecule is CC(C)(C)NC(=O)CNC(=O)/C=C/c1cn(CCC#N)c2ccccc12. The molecule has 1 heterocycles. The Morgan fingerprint density at radius 2 is 2.00 bits per heavy atom. The van der Waals surface area contributed by atoms with Gasteiger partial charge in [0.15, 0.2) is 0 Å². The fourth-order valence-corrected chi connectivity index (χ4v) is 2.62. The van der Waals surface area contributed by atoms with E-state index in [1.54, 1.807) is 6.08 Å². The average Bonchev–Trinajstić information content (AvgIpc) is 2.93. The molecule has 2 amide bonds. The molecule has 2 aromatic rings. The number of nitrogens with zero attached hydrogens (tertiary/aromatic N) is 2. The van der Waals surface area contributed by atoms with E-state index in [9.17, 15) is 9.59 Å². The van der Waals surface area contributed by atoms with Gasteiger partial charge in [0.05, 0.1) is 19.0 Å². The predicted octanol–water partition coefficient (Wildman–Crippen LogP) is 2.60. The van der Waals surface area contributed by atoms with Crippen LogP contribution in [-0.2, 0) is 16.1 Å². The fraction of sp³-hybridized carbons (Fsp3) is 0.350. The van der Waals surface area contributed by atoms with Crippen molar-refractivity contribution in [2.24, 2.45) is 0 Å². The molecule has 1 aromatic carbocycles. The van der Waals surface area contributed by atoms with E-state index in [-0.39, 0.29) is 23.9 Å². The first-order valence-electron chi connectivity index (χ1n) is 8.52. The maximum atomic E-state index is 12.0. The van der Waals surface area contributed by atoms with E-state index in [4.69, 9.17) is 5.26 Å². The lowest BCUT2D eigenvalue weighted by atomic mass is 10.1. The standard InChI is InChI=1S/C20H24N4O2/c1-20(2,3)23-19(26)13-22-18(25)10-9-15-14-24(12-6-11-21)17-8-5-4-7-16(15)17/h4-5,7-10,14H,6,12-13H2,1-3H3,(H,22,25)(H,23,26)/b10-9+. The molecule has 136 valence electrons. The van der Waals surface area contributed by atoms with Crippen LogP contribution in [0.1, 0.15) is 32.8 Å². The van der Waals surface area contributed by atoms with Crippen molar-refractivity contribution in [2.75, 3.05) is 6.54 Å². The lowest BCUT2D eigenvalue weighted by Crippen LogP contribution is -2.45. The summed E-state index contributed by atoms with van der Waals surface area (Å²) in [6.45, 7) is 6.19. The highest BCUT2D eigenvalue weighted by Gasteiger charge is 2.13. The first-order valence-corrected chi connectivity index (χ1v) is 8.52. The highest BCUT2D eigenvalue weighted by Crippen LogP contribution is 2.22. The van der Waals surface area contributed by atoms with Crippen LogP contribution in [0.2, 0.25) is 0 Å². The van der Waals surface area contributed by atoms with Crippen LogP contribution in [0.4, 0.5) is 0 Å². The maximum Gasteiger partial charge on any atom is 0.244 e. The Bertz CT molecular complexity index is 866. The smallest absolute Gasteiger partial charge is 0.244 e. The first kappa shape index (κ1) is 19.3. The number of para-hydroxylation sites is 1. The third-order valence-electron chi connectivity index (χ3n) is 3.64. The number of hydrogen-bond acceptors (Lipinski definition) is 3. The number of benzene rings is 1. The Balaban J connectivity index is 2.04. The third-order valence-corrected chi connectivity index (χ3v) is 3.64. The quantitative estimate of drug-likeness (QED) is 0.784. The fourth-order valence-electron chi connectivity index (χ4n) is 2.62. The number of carbonyl (C=O) groups excluding carboxylic acids is 2. The van der Waals surface area contributed by atoms with Crippen molar-refractivity contribution in [2.45, 2.75) is 39.3 Å². The number of rotatable bonds is 6. The van der Waals surface area contributed by atoms with Crippen LogP contribution in [0.3, 0.4) is 0 Å². The number of fused-ring (bicyclic) bond motifs is 1. The number of carbonyl (C=O) groups is 2. The van der Waals surface area contributed by atoms with Crippen LogP contribution in [-0.4, -0.2) is 28.5 Å². The van der Waals surface area contributed by atoms with Gasteiger partial charge >= 0.3 is 0 Å². The van der Waals surface area contributed by atoms with E-state index >= 15 is 0 Å². The van der Waals surface area contributed by atoms with E-state index in [2.05, 4.69) is 16.7 Å². The Hall–Kier alpha value is -3.07. The summed E-state index contributed by atoms with van der Waals surface area (Å²) in [5, 5.41) is 15.2. The van der Waals surface area contributed by atoms with Crippen molar-refractivity contribution in [3.8, 4) is 6.07 Å². The highest BCUT2D eigenvalue weighted by atomic mass is 16.2. The van der Waals surface area contributed by atoms with Gasteiger partial charge < -0.3 is 15.2 Å². The summed E-state index contributed by atoms with van der Waals surface area (Å²) in [4.78, 5) is 23.7. The van der Waals surface area contributed by atoms with Crippen molar-refractivity contribution in [3.05, 3.63) is 42.1 Å². The number of nitrogens with one attached hydrogen (secondary N) is 2. The largest absolute Gasteiger partial charge is 0.350 e. The summed E-state index contributed by atoms with van der Waals surface area (Å²) in [7, 11) is 0. The summed E-state index contributed by atoms with van der Waals surface area (Å²) in [5.41, 5.74) is 1.59. The second-order valence-electron chi connectivity index (χ2n) is 7.05. The average molecular weight is 352 g/mol. The van der Waals surface area contributed by atoms with Gasteiger partial charge in [-0.1, -0.05) is 18.2 Å². The van der Waals surface area contributed by atoms with E-state index < -0.39 is 0 Å². The number of aromatic nitrogens is 1. The zero-order valence-corrected chi connectivity index (χ0v) is 15.4. The molecule has 0 radical (unpaired) electrons. The van der Waals surface area contributed by atoms with E-state index in [1.807, 2.05) is 55.8 Å². The Labute approximate surface area is 153 Å². The molecular weight excluding hydrogens is 328 g/mol. The molecule has 0 aliphatic rings. The van der Waals surface area contributed by atoms with E-state index in [0.29, 0.717) is 13.0 Å². The monoisotopic (exact) mass is 352 g/mol. The second kappa shape index (κ2) is 8.34. The van der Waals surface area contributed by atoms with Gasteiger partial charge in [-0.2, -0.15) is 5.26 Å². The molecule has 0 atom stereocenters. The van der Waals surface area contributed by atoms with Gasteiger partial charge in [0.1, 0.15) is 0 Å². The van der Waals surface area contributed by atoms with Gasteiger partial charge in [-0.3, -0.25) is 9.59 Å². The zero-order chi connectivity index (χ0) is 19.2. The molecule has 0 saturated heterocycles. The van der Waals surface area contributed by atoms with Crippen LogP contribution in [0.5, 0.6) is 0 Å². The summed E-state index contributed by atoms with van der Waals surface area (Å²) in [6, 6.07) is 9.99. The lowest BCUT2D eigenvalue weighted by Gasteiger charge is -2.20. The summed E-state index contributed by atoms with van der Waals surface area (Å²) in [6.07, 6.45) is 5.49. The molecule has 0 unspecified atom stereocenters. The predicted molar refractivity (Wildman–Crippen MR) is 102 cm³/mol. The molecule has 6 heteroatoms. The topological polar surface area (TPSA) is 86.9 Å². The Morgan fingerprint density at radius 3 is 2.69 bits per heavy atom. The molecular formula is C20H24N4O2. The molecule has 6 nitrogen and oxygen atoms in total. The van der Waals surface area contributed by atoms with Crippen molar-refractivity contribution >= 4 is 28.8 Å². The van der Waals surface area contributed by atoms with Crippen molar-refractivity contribution < 1.29 is 9.59 Å². The minimum absolute atomic E-state index is 0.0651. The van der Waals surface area contributed by atoms with Crippen LogP contribution >= 0.6 is 0 Å². The summed E-state index contributed by atoms with van der Waals surface area (Å²) >= 11 is 0. The van der Waals surface area contributed by atoms with Crippen LogP contribution < -0.4 is 10.6 Å². The van der Waals surface area contributed by atoms with Crippen LogP contribution in [0, 0.1) is 11.3 Å². The van der Waals surface area contributed by atoms with Crippen LogP contribution in [0.25, 0.3) is 17.0 Å². The lowest BCUT2D eigenvalue weighted by molar-refractivity contribution is -0.124. The second-order valence-corrected chi connectivity index (χ2v) is 7.05. The molecule has 0 bridgehead atoms. The molecule has 0 saturated carbocycles. The van der Waals surface area contributed by atoms with Gasteiger partial charge in [0.2, 0.25) is 11.8 Å². The van der Waals surface area contributed by atoms with Gasteiger partial charge in [-0.15, -0.1) is 0 Å². The van der Waals surface area contributed by atoms with Crippen molar-refractivity contribution in [3.63, 3.8) is 0 Å². The number of aryl methyl sites for hydroxylation is 1. The molecule has 1 aromatic heterocycles. The number of hydrogen-bond donors (Lipinski definition) is 2. The minimum atomic E-state index is -0.331.